The lowest BCUT2D eigenvalue weighted by atomic mass is 9.91. The first kappa shape index (κ1) is 71.4. The number of piperidine rings is 2. The molecule has 13 fully saturated rings. The Morgan fingerprint density at radius 3 is 1.01 bits per heavy atom. The molecule has 8 bridgehead atoms. The number of nitrogen functional groups attached to an aromatic ring is 4. The predicted octanol–water partition coefficient (Wildman–Crippen LogP) is 6.03. The zero-order valence-electron chi connectivity index (χ0n) is 61.6. The number of halogens is 4. The van der Waals surface area contributed by atoms with Crippen LogP contribution in [-0.2, 0) is 18.9 Å². The van der Waals surface area contributed by atoms with Gasteiger partial charge in [0.15, 0.2) is 0 Å². The van der Waals surface area contributed by atoms with E-state index in [0.29, 0.717) is 130 Å². The largest absolute Gasteiger partial charge is 0.374 e. The Kier molecular flexibility index (Phi) is 18.8. The van der Waals surface area contributed by atoms with Crippen molar-refractivity contribution in [3.63, 3.8) is 0 Å². The first-order valence-electron chi connectivity index (χ1n) is 38.2. The molecular weight excluding hydrogens is 1420 g/mol. The number of alkyl halides is 4. The molecule has 1 aliphatic carbocycles. The highest BCUT2D eigenvalue weighted by Crippen LogP contribution is 2.47. The number of nitrogens with zero attached hydrogens (tertiary/aromatic N) is 24. The summed E-state index contributed by atoms with van der Waals surface area (Å²) in [5, 5.41) is 0. The molecule has 12 saturated heterocycles. The quantitative estimate of drug-likeness (QED) is 0.0956. The van der Waals surface area contributed by atoms with E-state index in [2.05, 4.69) is 80.4 Å². The van der Waals surface area contributed by atoms with Crippen molar-refractivity contribution in [2.45, 2.75) is 138 Å². The highest BCUT2D eigenvalue weighted by atomic mass is 19.3. The minimum Gasteiger partial charge on any atom is -0.374 e. The van der Waals surface area contributed by atoms with Crippen LogP contribution in [0, 0.1) is 23.7 Å². The van der Waals surface area contributed by atoms with Crippen molar-refractivity contribution < 1.29 is 36.5 Å². The van der Waals surface area contributed by atoms with Crippen LogP contribution in [0.2, 0.25) is 0 Å². The lowest BCUT2D eigenvalue weighted by Gasteiger charge is -2.35. The normalized spacial score (nSPS) is 28.8. The third-order valence-electron chi connectivity index (χ3n) is 23.7. The van der Waals surface area contributed by atoms with Gasteiger partial charge in [0.1, 0.15) is 35.1 Å². The van der Waals surface area contributed by atoms with Crippen LogP contribution in [0.1, 0.15) is 72.1 Å². The molecule has 8 aromatic rings. The average molecular weight is 1510 g/mol. The summed E-state index contributed by atoms with van der Waals surface area (Å²) in [4.78, 5) is 88.3. The fourth-order valence-corrected chi connectivity index (χ4v) is 17.4. The fourth-order valence-electron chi connectivity index (χ4n) is 17.4. The molecule has 0 spiro atoms. The number of hydrogen-bond acceptors (Lipinski definition) is 32. The monoisotopic (exact) mass is 1510 g/mol. The summed E-state index contributed by atoms with van der Waals surface area (Å²) in [7, 11) is 0. The molecule has 21 rings (SSSR count). The summed E-state index contributed by atoms with van der Waals surface area (Å²) in [6.45, 7) is 15.8. The van der Waals surface area contributed by atoms with E-state index in [1.165, 1.54) is 6.42 Å². The van der Waals surface area contributed by atoms with Crippen LogP contribution < -0.4 is 62.1 Å². The van der Waals surface area contributed by atoms with E-state index in [-0.39, 0.29) is 48.0 Å². The van der Waals surface area contributed by atoms with Crippen LogP contribution in [0.25, 0.3) is 45.0 Å². The van der Waals surface area contributed by atoms with Gasteiger partial charge in [0.25, 0.3) is 0 Å². The molecule has 13 atom stereocenters. The van der Waals surface area contributed by atoms with E-state index < -0.39 is 23.7 Å². The first-order valence-corrected chi connectivity index (χ1v) is 38.2. The van der Waals surface area contributed by atoms with Crippen molar-refractivity contribution in [3.8, 4) is 45.0 Å². The summed E-state index contributed by atoms with van der Waals surface area (Å²) in [5.41, 5.74) is 27.4. The second kappa shape index (κ2) is 28.9. The van der Waals surface area contributed by atoms with Crippen LogP contribution in [0.15, 0.2) is 73.8 Å². The highest BCUT2D eigenvalue weighted by Gasteiger charge is 2.48. The van der Waals surface area contributed by atoms with E-state index in [1.54, 1.807) is 56.5 Å². The van der Waals surface area contributed by atoms with Crippen LogP contribution in [0.4, 0.5) is 88.4 Å². The number of anilines is 12. The minimum absolute atomic E-state index is 0.0308. The van der Waals surface area contributed by atoms with Crippen LogP contribution in [-0.4, -0.2) is 251 Å². The molecule has 110 heavy (non-hydrogen) atoms. The van der Waals surface area contributed by atoms with Gasteiger partial charge in [-0.25, -0.2) is 77.4 Å². The van der Waals surface area contributed by atoms with E-state index >= 15 is 0 Å². The Balaban J connectivity index is 0.000000103. The van der Waals surface area contributed by atoms with Gasteiger partial charge in [-0.1, -0.05) is 6.92 Å². The molecule has 1 saturated carbocycles. The maximum Gasteiger partial charge on any atom is 0.248 e. The Morgan fingerprint density at radius 2 is 0.736 bits per heavy atom. The van der Waals surface area contributed by atoms with E-state index in [4.69, 9.17) is 71.8 Å². The number of aromatic nitrogens is 16. The van der Waals surface area contributed by atoms with Crippen molar-refractivity contribution in [1.29, 1.82) is 0 Å². The molecule has 12 aliphatic heterocycles. The molecular formula is C74H90F4N28O4. The number of nitrogens with two attached hydrogens (primary N) is 4. The van der Waals surface area contributed by atoms with Crippen molar-refractivity contribution >= 4 is 70.9 Å². The molecule has 3 unspecified atom stereocenters. The van der Waals surface area contributed by atoms with Gasteiger partial charge >= 0.3 is 0 Å². The molecule has 8 N–H and O–H groups in total. The van der Waals surface area contributed by atoms with Crippen LogP contribution in [0.5, 0.6) is 0 Å². The lowest BCUT2D eigenvalue weighted by Crippen LogP contribution is -2.41. The molecule has 36 heteroatoms. The second-order valence-electron chi connectivity index (χ2n) is 31.8. The van der Waals surface area contributed by atoms with Crippen molar-refractivity contribution in [2.24, 2.45) is 23.7 Å². The topological polar surface area (TPSA) is 373 Å². The second-order valence-corrected chi connectivity index (χ2v) is 31.8. The third-order valence-corrected chi connectivity index (χ3v) is 23.7. The smallest absolute Gasteiger partial charge is 0.248 e. The lowest BCUT2D eigenvalue weighted by molar-refractivity contribution is -0.0482. The summed E-state index contributed by atoms with van der Waals surface area (Å²) >= 11 is 0. The molecule has 578 valence electrons. The van der Waals surface area contributed by atoms with Gasteiger partial charge in [-0.05, 0) is 70.6 Å². The molecule has 0 radical (unpaired) electrons. The predicted molar refractivity (Wildman–Crippen MR) is 404 cm³/mol. The third kappa shape index (κ3) is 15.0. The van der Waals surface area contributed by atoms with Crippen molar-refractivity contribution in [2.75, 3.05) is 167 Å². The maximum atomic E-state index is 14.4. The fraction of sp³-hybridized carbons (Fsp3) is 0.568. The molecule has 0 aromatic carbocycles. The Bertz CT molecular complexity index is 4500. The van der Waals surface area contributed by atoms with Crippen molar-refractivity contribution in [3.05, 3.63) is 73.8 Å². The molecule has 8 aromatic heterocycles. The molecule has 13 aliphatic rings. The summed E-state index contributed by atoms with van der Waals surface area (Å²) < 4.78 is 78.8. The Labute approximate surface area is 632 Å². The first-order chi connectivity index (χ1) is 53.1. The SMILES string of the molecule is CC(F)(F)C1CCN(c2nc(-c3cnc(N)nc3)cc(N3C[C@@H]4C[C@H]3CO4)n2)CC1.CC1(F)CCN(c2nc(-c3cnc(N)nc3)cc(N3C[C@@H]4C[C@H]3CO4)n2)C1.C[C@H]1CN(c2nc(-c3cnc(N)nc3)cc(N3C[C@@H]4C[C@H]3CO4)n2)C[C@H]1F.Nc1ncc(-c2cc(N3C[C@@H]4C[C@H]3CO4)nc(N3CC4CC4C3)n2)cn1. The van der Waals surface area contributed by atoms with Crippen LogP contribution in [0.3, 0.4) is 0 Å². The van der Waals surface area contributed by atoms with E-state index in [0.717, 1.165) is 161 Å². The minimum atomic E-state index is -2.66. The number of hydrogen-bond donors (Lipinski definition) is 4. The maximum absolute atomic E-state index is 14.4. The standard InChI is InChI=1S/C20H25F2N7O.2C18H22FN7O.C18H21N7O/c1-20(21,22)13-2-4-28(5-3-13)19-26-16(12-8-24-18(23)25-9-12)7-17(27-19)29-10-15-6-14(29)11-30-15;1-10-6-25(8-14(10)19)18-23-15(11-4-21-17(20)22-5-11)3-16(24-18)26-7-13-2-12(26)9-27-13;1-18(19)2-3-25(10-18)17-23-14(11-6-21-16(20)22-7-11)5-15(24-17)26-8-13-4-12(26)9-27-13;19-17-20-4-12(5-21-17)15-3-16(25-8-14-2-13(25)9-26-14)23-18(22-15)24-6-10-1-11(10)7-24/h7-9,13-15H,2-6,10-11H2,1H3,(H2,23,24,25);3-5,10,12-14H,2,6-9H2,1H3,(H2,20,21,22);5-7,12-13H,2-4,8-10H2,1H3,(H2,20,21,22);3-5,10-11,13-14H,1-2,6-9H2,(H2,19,20,21)/t14-,15-;10-,12-,13-,14+;12-,13-,18?;10?,11?,13-,14-/m0000/s1. The zero-order chi connectivity index (χ0) is 75.3. The number of fused-ring (bicyclic) bond motifs is 9. The molecule has 32 nitrogen and oxygen atoms in total. The summed E-state index contributed by atoms with van der Waals surface area (Å²) in [6, 6.07) is 9.28. The molecule has 0 amide bonds. The van der Waals surface area contributed by atoms with Gasteiger partial charge in [0, 0.05) is 180 Å². The van der Waals surface area contributed by atoms with Gasteiger partial charge < -0.3 is 81.1 Å². The van der Waals surface area contributed by atoms with Gasteiger partial charge in [-0.2, -0.15) is 19.9 Å². The number of morpholine rings is 4. The Morgan fingerprint density at radius 1 is 0.418 bits per heavy atom. The molecule has 20 heterocycles. The van der Waals surface area contributed by atoms with Gasteiger partial charge in [0.2, 0.25) is 53.5 Å². The zero-order valence-corrected chi connectivity index (χ0v) is 61.6. The number of rotatable bonds is 13. The summed E-state index contributed by atoms with van der Waals surface area (Å²) in [5.74, 6) is 5.26. The van der Waals surface area contributed by atoms with Crippen molar-refractivity contribution in [1.82, 2.24) is 79.7 Å². The van der Waals surface area contributed by atoms with E-state index in [9.17, 15) is 17.6 Å². The van der Waals surface area contributed by atoms with Gasteiger partial charge in [-0.15, -0.1) is 0 Å². The Hall–Kier alpha value is -10.2. The van der Waals surface area contributed by atoms with Crippen LogP contribution >= 0.6 is 0 Å². The summed E-state index contributed by atoms with van der Waals surface area (Å²) in [6.07, 6.45) is 20.4. The van der Waals surface area contributed by atoms with E-state index in [1.807, 2.05) is 39.8 Å². The number of ether oxygens (including phenoxy) is 4. The highest BCUT2D eigenvalue weighted by molar-refractivity contribution is 5.69. The average Bonchev–Trinajstić information content (AvgIpc) is 1.64. The van der Waals surface area contributed by atoms with Gasteiger partial charge in [0.05, 0.1) is 111 Å². The van der Waals surface area contributed by atoms with Gasteiger partial charge in [-0.3, -0.25) is 0 Å².